The van der Waals surface area contributed by atoms with E-state index in [4.69, 9.17) is 0 Å². The van der Waals surface area contributed by atoms with Crippen LogP contribution in [0.5, 0.6) is 0 Å². The van der Waals surface area contributed by atoms with Crippen LogP contribution < -0.4 is 16.0 Å². The molecular formula is C28H31N5O2S. The molecule has 0 aliphatic carbocycles. The Labute approximate surface area is 215 Å². The number of para-hydroxylation sites is 1. The molecule has 2 heterocycles. The fourth-order valence-corrected chi connectivity index (χ4v) is 4.48. The van der Waals surface area contributed by atoms with Gasteiger partial charge in [0.1, 0.15) is 10.7 Å². The minimum absolute atomic E-state index is 0.166. The third-order valence-corrected chi connectivity index (χ3v) is 6.34. The molecule has 2 aromatic carbocycles. The molecule has 0 spiro atoms. The maximum atomic E-state index is 13.2. The fraction of sp³-hybridized carbons (Fsp3) is 0.286. The van der Waals surface area contributed by atoms with Crippen molar-refractivity contribution in [1.29, 1.82) is 0 Å². The zero-order valence-electron chi connectivity index (χ0n) is 21.0. The number of nitrogens with zero attached hydrogens (tertiary/aromatic N) is 2. The van der Waals surface area contributed by atoms with Crippen molar-refractivity contribution >= 4 is 45.4 Å². The SMILES string of the molecule is CCCCNC(=O)c1csc(-c2ccc3ncc(C(=O)NC(C)(C)C)c(Nc4ccccc4)c3c2)n1. The Morgan fingerprint density at radius 2 is 1.81 bits per heavy atom. The molecule has 2 amide bonds. The number of fused-ring (bicyclic) bond motifs is 1. The number of unbranched alkanes of at least 4 members (excludes halogenated alkanes) is 1. The van der Waals surface area contributed by atoms with Gasteiger partial charge in [-0.25, -0.2) is 4.98 Å². The van der Waals surface area contributed by atoms with E-state index in [-0.39, 0.29) is 11.8 Å². The van der Waals surface area contributed by atoms with Crippen molar-refractivity contribution in [2.45, 2.75) is 46.1 Å². The highest BCUT2D eigenvalue weighted by atomic mass is 32.1. The van der Waals surface area contributed by atoms with Crippen LogP contribution in [-0.2, 0) is 0 Å². The first-order valence-electron chi connectivity index (χ1n) is 12.1. The Balaban J connectivity index is 1.75. The van der Waals surface area contributed by atoms with Gasteiger partial charge in [-0.15, -0.1) is 11.3 Å². The summed E-state index contributed by atoms with van der Waals surface area (Å²) in [6.07, 6.45) is 3.56. The van der Waals surface area contributed by atoms with Crippen LogP contribution in [-0.4, -0.2) is 33.9 Å². The Morgan fingerprint density at radius 3 is 2.53 bits per heavy atom. The summed E-state index contributed by atoms with van der Waals surface area (Å²) in [5.74, 6) is -0.373. The smallest absolute Gasteiger partial charge is 0.270 e. The largest absolute Gasteiger partial charge is 0.354 e. The molecule has 0 aliphatic heterocycles. The quantitative estimate of drug-likeness (QED) is 0.251. The number of carbonyl (C=O) groups is 2. The number of aromatic nitrogens is 2. The first-order valence-corrected chi connectivity index (χ1v) is 12.9. The van der Waals surface area contributed by atoms with Gasteiger partial charge < -0.3 is 16.0 Å². The van der Waals surface area contributed by atoms with E-state index in [1.54, 1.807) is 11.6 Å². The van der Waals surface area contributed by atoms with Crippen LogP contribution >= 0.6 is 11.3 Å². The van der Waals surface area contributed by atoms with Crippen LogP contribution in [0.25, 0.3) is 21.5 Å². The van der Waals surface area contributed by atoms with Gasteiger partial charge in [-0.05, 0) is 57.5 Å². The summed E-state index contributed by atoms with van der Waals surface area (Å²) >= 11 is 1.41. The summed E-state index contributed by atoms with van der Waals surface area (Å²) in [4.78, 5) is 34.8. The highest BCUT2D eigenvalue weighted by molar-refractivity contribution is 7.13. The molecule has 0 aliphatic rings. The molecule has 4 aromatic rings. The van der Waals surface area contributed by atoms with Crippen LogP contribution in [0.1, 0.15) is 61.4 Å². The van der Waals surface area contributed by atoms with Gasteiger partial charge in [0.15, 0.2) is 0 Å². The Bertz CT molecular complexity index is 1380. The number of amides is 2. The second-order valence-electron chi connectivity index (χ2n) is 9.62. The maximum Gasteiger partial charge on any atom is 0.270 e. The Morgan fingerprint density at radius 1 is 1.03 bits per heavy atom. The Kier molecular flexibility index (Phi) is 7.64. The minimum Gasteiger partial charge on any atom is -0.354 e. The topological polar surface area (TPSA) is 96.0 Å². The molecule has 4 rings (SSSR count). The first-order chi connectivity index (χ1) is 17.2. The van der Waals surface area contributed by atoms with Crippen molar-refractivity contribution in [2.75, 3.05) is 11.9 Å². The van der Waals surface area contributed by atoms with Gasteiger partial charge in [0.25, 0.3) is 11.8 Å². The standard InChI is InChI=1S/C28H31N5O2S/c1-5-6-14-29-26(35)23-17-36-27(32-23)18-12-13-22-20(15-18)24(31-19-10-8-7-9-11-19)21(16-30-22)25(34)33-28(2,3)4/h7-13,15-17H,5-6,14H2,1-4H3,(H,29,35)(H,30,31)(H,33,34). The number of anilines is 2. The molecule has 0 saturated heterocycles. The number of benzene rings is 2. The van der Waals surface area contributed by atoms with E-state index in [0.29, 0.717) is 23.5 Å². The molecule has 8 heteroatoms. The fourth-order valence-electron chi connectivity index (χ4n) is 3.69. The van der Waals surface area contributed by atoms with Crippen molar-refractivity contribution in [3.8, 4) is 10.6 Å². The lowest BCUT2D eigenvalue weighted by Gasteiger charge is -2.22. The zero-order chi connectivity index (χ0) is 25.7. The van der Waals surface area contributed by atoms with Gasteiger partial charge in [-0.3, -0.25) is 14.6 Å². The highest BCUT2D eigenvalue weighted by Gasteiger charge is 2.21. The minimum atomic E-state index is -0.396. The number of rotatable bonds is 8. The van der Waals surface area contributed by atoms with E-state index in [1.165, 1.54) is 11.3 Å². The predicted molar refractivity (Wildman–Crippen MR) is 147 cm³/mol. The lowest BCUT2D eigenvalue weighted by atomic mass is 10.0. The molecule has 0 bridgehead atoms. The van der Waals surface area contributed by atoms with Gasteiger partial charge in [-0.1, -0.05) is 31.5 Å². The predicted octanol–water partition coefficient (Wildman–Crippen LogP) is 6.16. The Hall–Kier alpha value is -3.78. The number of pyridine rings is 1. The second kappa shape index (κ2) is 10.9. The molecule has 0 atom stereocenters. The third-order valence-electron chi connectivity index (χ3n) is 5.44. The van der Waals surface area contributed by atoms with E-state index in [9.17, 15) is 9.59 Å². The number of thiazole rings is 1. The van der Waals surface area contributed by atoms with Gasteiger partial charge in [0, 0.05) is 40.3 Å². The van der Waals surface area contributed by atoms with E-state index >= 15 is 0 Å². The normalized spacial score (nSPS) is 11.3. The average molecular weight is 502 g/mol. The van der Waals surface area contributed by atoms with Crippen molar-refractivity contribution in [3.05, 3.63) is 71.4 Å². The molecule has 0 radical (unpaired) electrons. The maximum absolute atomic E-state index is 13.2. The van der Waals surface area contributed by atoms with Crippen molar-refractivity contribution in [2.24, 2.45) is 0 Å². The lowest BCUT2D eigenvalue weighted by Crippen LogP contribution is -2.40. The van der Waals surface area contributed by atoms with Crippen molar-refractivity contribution < 1.29 is 9.59 Å². The zero-order valence-corrected chi connectivity index (χ0v) is 21.8. The number of hydrogen-bond donors (Lipinski definition) is 3. The van der Waals surface area contributed by atoms with Gasteiger partial charge in [-0.2, -0.15) is 0 Å². The summed E-state index contributed by atoms with van der Waals surface area (Å²) in [6, 6.07) is 15.5. The van der Waals surface area contributed by atoms with E-state index in [1.807, 2.05) is 69.3 Å². The summed E-state index contributed by atoms with van der Waals surface area (Å²) in [5, 5.41) is 12.7. The molecule has 186 valence electrons. The van der Waals surface area contributed by atoms with E-state index in [0.717, 1.165) is 40.0 Å². The summed E-state index contributed by atoms with van der Waals surface area (Å²) in [5.41, 5.74) is 3.60. The highest BCUT2D eigenvalue weighted by Crippen LogP contribution is 2.34. The monoisotopic (exact) mass is 501 g/mol. The summed E-state index contributed by atoms with van der Waals surface area (Å²) in [6.45, 7) is 8.55. The average Bonchev–Trinajstić information content (AvgIpc) is 3.34. The van der Waals surface area contributed by atoms with Gasteiger partial charge >= 0.3 is 0 Å². The lowest BCUT2D eigenvalue weighted by molar-refractivity contribution is 0.0917. The van der Waals surface area contributed by atoms with Gasteiger partial charge in [0.2, 0.25) is 0 Å². The van der Waals surface area contributed by atoms with E-state index in [2.05, 4.69) is 32.8 Å². The second-order valence-corrected chi connectivity index (χ2v) is 10.5. The van der Waals surface area contributed by atoms with Crippen LogP contribution in [0.3, 0.4) is 0 Å². The summed E-state index contributed by atoms with van der Waals surface area (Å²) < 4.78 is 0. The molecule has 2 aromatic heterocycles. The molecule has 36 heavy (non-hydrogen) atoms. The number of hydrogen-bond acceptors (Lipinski definition) is 6. The van der Waals surface area contributed by atoms with Crippen molar-refractivity contribution in [1.82, 2.24) is 20.6 Å². The van der Waals surface area contributed by atoms with Crippen LogP contribution in [0.2, 0.25) is 0 Å². The molecule has 3 N–H and O–H groups in total. The summed E-state index contributed by atoms with van der Waals surface area (Å²) in [7, 11) is 0. The first kappa shape index (κ1) is 25.3. The van der Waals surface area contributed by atoms with Crippen molar-refractivity contribution in [3.63, 3.8) is 0 Å². The third kappa shape index (κ3) is 6.07. The van der Waals surface area contributed by atoms with Crippen LogP contribution in [0, 0.1) is 0 Å². The van der Waals surface area contributed by atoms with Gasteiger partial charge in [0.05, 0.1) is 16.8 Å². The number of nitrogens with one attached hydrogen (secondary N) is 3. The molecule has 7 nitrogen and oxygen atoms in total. The van der Waals surface area contributed by atoms with E-state index < -0.39 is 5.54 Å². The number of carbonyl (C=O) groups excluding carboxylic acids is 2. The molecule has 0 fully saturated rings. The molecule has 0 unspecified atom stereocenters. The van der Waals surface area contributed by atoms with Crippen LogP contribution in [0.15, 0.2) is 60.1 Å². The van der Waals surface area contributed by atoms with Crippen LogP contribution in [0.4, 0.5) is 11.4 Å². The molecular weight excluding hydrogens is 470 g/mol. The molecule has 0 saturated carbocycles.